The molecule has 0 aliphatic carbocycles. The number of likely N-dealkylation sites (tertiary alicyclic amines) is 1. The Balaban J connectivity index is 1.84. The van der Waals surface area contributed by atoms with Crippen LogP contribution in [0.15, 0.2) is 18.3 Å². The van der Waals surface area contributed by atoms with Crippen molar-refractivity contribution in [1.29, 1.82) is 0 Å². The third-order valence-corrected chi connectivity index (χ3v) is 3.99. The number of carbonyl (C=O) groups is 1. The zero-order valence-corrected chi connectivity index (χ0v) is 13.1. The summed E-state index contributed by atoms with van der Waals surface area (Å²) >= 11 is 0. The van der Waals surface area contributed by atoms with Crippen LogP contribution < -0.4 is 10.6 Å². The lowest BCUT2D eigenvalue weighted by atomic mass is 9.96. The number of aromatic nitrogens is 1. The van der Waals surface area contributed by atoms with Gasteiger partial charge >= 0.3 is 0 Å². The second kappa shape index (κ2) is 7.98. The predicted molar refractivity (Wildman–Crippen MR) is 85.1 cm³/mol. The molecular formula is C16H26N4O. The molecule has 21 heavy (non-hydrogen) atoms. The number of nitrogens with one attached hydrogen (secondary N) is 2. The molecule has 1 aliphatic rings. The van der Waals surface area contributed by atoms with Gasteiger partial charge in [-0.15, -0.1) is 0 Å². The number of piperidine rings is 1. The maximum Gasteiger partial charge on any atom is 0.222 e. The first-order valence-electron chi connectivity index (χ1n) is 7.85. The van der Waals surface area contributed by atoms with Crippen molar-refractivity contribution in [2.45, 2.75) is 32.7 Å². The van der Waals surface area contributed by atoms with E-state index in [2.05, 4.69) is 39.6 Å². The van der Waals surface area contributed by atoms with E-state index >= 15 is 0 Å². The van der Waals surface area contributed by atoms with E-state index in [0.717, 1.165) is 51.3 Å². The van der Waals surface area contributed by atoms with Gasteiger partial charge in [0, 0.05) is 32.3 Å². The second-order valence-corrected chi connectivity index (χ2v) is 5.64. The van der Waals surface area contributed by atoms with Crippen molar-refractivity contribution in [2.75, 3.05) is 32.0 Å². The lowest BCUT2D eigenvalue weighted by Crippen LogP contribution is -2.39. The van der Waals surface area contributed by atoms with Gasteiger partial charge in [-0.3, -0.25) is 9.69 Å². The number of rotatable bonds is 6. The first kappa shape index (κ1) is 15.8. The van der Waals surface area contributed by atoms with Gasteiger partial charge in [-0.2, -0.15) is 0 Å². The summed E-state index contributed by atoms with van der Waals surface area (Å²) in [5, 5.41) is 6.07. The van der Waals surface area contributed by atoms with Crippen LogP contribution in [0.1, 0.15) is 31.7 Å². The molecule has 2 N–H and O–H groups in total. The molecule has 0 unspecified atom stereocenters. The molecule has 116 valence electrons. The van der Waals surface area contributed by atoms with E-state index in [4.69, 9.17) is 0 Å². The zero-order valence-electron chi connectivity index (χ0n) is 13.1. The molecule has 1 aliphatic heterocycles. The number of anilines is 1. The Hall–Kier alpha value is -1.62. The molecule has 1 aromatic rings. The van der Waals surface area contributed by atoms with E-state index in [-0.39, 0.29) is 11.8 Å². The van der Waals surface area contributed by atoms with Gasteiger partial charge in [0.2, 0.25) is 5.91 Å². The third kappa shape index (κ3) is 4.70. The van der Waals surface area contributed by atoms with Gasteiger partial charge in [0.15, 0.2) is 0 Å². The molecule has 1 aromatic heterocycles. The lowest BCUT2D eigenvalue weighted by molar-refractivity contribution is -0.125. The topological polar surface area (TPSA) is 57.3 Å². The normalized spacial score (nSPS) is 16.7. The molecule has 0 saturated carbocycles. The summed E-state index contributed by atoms with van der Waals surface area (Å²) in [4.78, 5) is 18.4. The molecular weight excluding hydrogens is 264 g/mol. The Morgan fingerprint density at radius 1 is 1.43 bits per heavy atom. The fraction of sp³-hybridized carbons (Fsp3) is 0.625. The summed E-state index contributed by atoms with van der Waals surface area (Å²) in [7, 11) is 1.72. The summed E-state index contributed by atoms with van der Waals surface area (Å²) in [5.74, 6) is 1.32. The number of hydrogen-bond acceptors (Lipinski definition) is 4. The number of carbonyl (C=O) groups excluding carboxylic acids is 1. The highest BCUT2D eigenvalue weighted by Gasteiger charge is 2.23. The summed E-state index contributed by atoms with van der Waals surface area (Å²) in [6, 6.07) is 4.20. The molecule has 0 radical (unpaired) electrons. The monoisotopic (exact) mass is 290 g/mol. The minimum atomic E-state index is 0.185. The number of nitrogens with zero attached hydrogens (tertiary/aromatic N) is 2. The third-order valence-electron chi connectivity index (χ3n) is 3.99. The second-order valence-electron chi connectivity index (χ2n) is 5.64. The average molecular weight is 290 g/mol. The minimum absolute atomic E-state index is 0.185. The Morgan fingerprint density at radius 2 is 2.19 bits per heavy atom. The predicted octanol–water partition coefficient (Wildman–Crippen LogP) is 1.86. The summed E-state index contributed by atoms with van der Waals surface area (Å²) in [6.45, 7) is 6.00. The molecule has 1 amide bonds. The molecule has 1 fully saturated rings. The molecule has 5 heteroatoms. The van der Waals surface area contributed by atoms with Crippen LogP contribution in [-0.2, 0) is 11.3 Å². The summed E-state index contributed by atoms with van der Waals surface area (Å²) in [6.07, 6.45) is 4.86. The fourth-order valence-electron chi connectivity index (χ4n) is 2.74. The van der Waals surface area contributed by atoms with Gasteiger partial charge in [0.05, 0.1) is 0 Å². The number of amides is 1. The Morgan fingerprint density at radius 3 is 2.86 bits per heavy atom. The van der Waals surface area contributed by atoms with Crippen molar-refractivity contribution in [2.24, 2.45) is 5.92 Å². The molecule has 2 rings (SSSR count). The van der Waals surface area contributed by atoms with Crippen LogP contribution in [0, 0.1) is 5.92 Å². The van der Waals surface area contributed by atoms with Crippen LogP contribution in [0.5, 0.6) is 0 Å². The van der Waals surface area contributed by atoms with Gasteiger partial charge in [-0.05, 0) is 50.0 Å². The van der Waals surface area contributed by atoms with Gasteiger partial charge < -0.3 is 10.6 Å². The van der Waals surface area contributed by atoms with Crippen LogP contribution in [0.4, 0.5) is 5.82 Å². The number of pyridine rings is 1. The van der Waals surface area contributed by atoms with E-state index in [1.54, 1.807) is 7.05 Å². The summed E-state index contributed by atoms with van der Waals surface area (Å²) < 4.78 is 0. The van der Waals surface area contributed by atoms with E-state index < -0.39 is 0 Å². The van der Waals surface area contributed by atoms with Crippen LogP contribution in [0.3, 0.4) is 0 Å². The molecule has 1 saturated heterocycles. The first-order valence-corrected chi connectivity index (χ1v) is 7.85. The van der Waals surface area contributed by atoms with E-state index in [0.29, 0.717) is 0 Å². The van der Waals surface area contributed by atoms with Crippen molar-refractivity contribution in [3.63, 3.8) is 0 Å². The molecule has 0 atom stereocenters. The van der Waals surface area contributed by atoms with Gasteiger partial charge in [-0.25, -0.2) is 4.98 Å². The highest BCUT2D eigenvalue weighted by molar-refractivity contribution is 5.78. The molecule has 2 heterocycles. The van der Waals surface area contributed by atoms with Gasteiger partial charge in [0.1, 0.15) is 5.82 Å². The van der Waals surface area contributed by atoms with Gasteiger partial charge in [0.25, 0.3) is 0 Å². The van der Waals surface area contributed by atoms with Crippen molar-refractivity contribution < 1.29 is 4.79 Å². The lowest BCUT2D eigenvalue weighted by Gasteiger charge is -2.31. The van der Waals surface area contributed by atoms with Crippen LogP contribution >= 0.6 is 0 Å². The van der Waals surface area contributed by atoms with E-state index in [1.165, 1.54) is 5.56 Å². The molecule has 0 aromatic carbocycles. The highest BCUT2D eigenvalue weighted by atomic mass is 16.1. The van der Waals surface area contributed by atoms with Crippen LogP contribution in [-0.4, -0.2) is 42.5 Å². The van der Waals surface area contributed by atoms with Crippen LogP contribution in [0.25, 0.3) is 0 Å². The fourth-order valence-corrected chi connectivity index (χ4v) is 2.74. The average Bonchev–Trinajstić information content (AvgIpc) is 2.53. The van der Waals surface area contributed by atoms with E-state index in [1.807, 2.05) is 6.20 Å². The van der Waals surface area contributed by atoms with Crippen molar-refractivity contribution in [3.05, 3.63) is 23.9 Å². The Kier molecular flexibility index (Phi) is 5.99. The van der Waals surface area contributed by atoms with Crippen molar-refractivity contribution in [1.82, 2.24) is 15.2 Å². The maximum absolute atomic E-state index is 11.6. The number of hydrogen-bond donors (Lipinski definition) is 2. The Bertz CT molecular complexity index is 455. The maximum atomic E-state index is 11.6. The quantitative estimate of drug-likeness (QED) is 0.839. The standard InChI is InChI=1S/C16H26N4O/c1-3-7-18-15-11-13(4-8-19-15)12-20-9-5-14(6-10-20)16(21)17-2/h4,8,11,14H,3,5-7,9-10,12H2,1-2H3,(H,17,21)(H,18,19). The smallest absolute Gasteiger partial charge is 0.222 e. The van der Waals surface area contributed by atoms with Crippen molar-refractivity contribution >= 4 is 11.7 Å². The SMILES string of the molecule is CCCNc1cc(CN2CCC(C(=O)NC)CC2)ccn1. The van der Waals surface area contributed by atoms with E-state index in [9.17, 15) is 4.79 Å². The van der Waals surface area contributed by atoms with Crippen molar-refractivity contribution in [3.8, 4) is 0 Å². The zero-order chi connectivity index (χ0) is 15.1. The largest absolute Gasteiger partial charge is 0.370 e. The van der Waals surface area contributed by atoms with Gasteiger partial charge in [-0.1, -0.05) is 6.92 Å². The summed E-state index contributed by atoms with van der Waals surface area (Å²) in [5.41, 5.74) is 1.28. The Labute approximate surface area is 127 Å². The van der Waals surface area contributed by atoms with Crippen LogP contribution in [0.2, 0.25) is 0 Å². The molecule has 0 bridgehead atoms. The highest BCUT2D eigenvalue weighted by Crippen LogP contribution is 2.19. The minimum Gasteiger partial charge on any atom is -0.370 e. The molecule has 0 spiro atoms. The molecule has 5 nitrogen and oxygen atoms in total. The first-order chi connectivity index (χ1) is 10.2.